The van der Waals surface area contributed by atoms with Crippen LogP contribution in [0.15, 0.2) is 60.7 Å². The van der Waals surface area contributed by atoms with Gasteiger partial charge in [-0.1, -0.05) is 60.7 Å². The Hall–Kier alpha value is -5.46. The van der Waals surface area contributed by atoms with Gasteiger partial charge < -0.3 is 80.0 Å². The number of carbonyl (C=O) groups is 6. The van der Waals surface area contributed by atoms with Crippen LogP contribution in [0.1, 0.15) is 11.1 Å². The Morgan fingerprint density at radius 1 is 0.468 bits per heavy atom. The summed E-state index contributed by atoms with van der Waals surface area (Å²) < 4.78 is 41.0. The van der Waals surface area contributed by atoms with Gasteiger partial charge in [-0.2, -0.15) is 0 Å². The van der Waals surface area contributed by atoms with E-state index in [4.69, 9.17) is 59.6 Å². The minimum atomic E-state index is -1.06. The maximum absolute atomic E-state index is 12.8. The van der Waals surface area contributed by atoms with Crippen LogP contribution in [-0.4, -0.2) is 188 Å². The summed E-state index contributed by atoms with van der Waals surface area (Å²) in [5.41, 5.74) is 12.5. The van der Waals surface area contributed by atoms with Crippen LogP contribution in [0.4, 0.5) is 9.59 Å². The fourth-order valence-electron chi connectivity index (χ4n) is 4.66. The second-order valence-corrected chi connectivity index (χ2v) is 12.5. The van der Waals surface area contributed by atoms with E-state index in [2.05, 4.69) is 10.6 Å². The topological polar surface area (TPSA) is 299 Å². The average molecular weight is 883 g/mol. The molecule has 0 aliphatic carbocycles. The van der Waals surface area contributed by atoms with Crippen molar-refractivity contribution in [2.24, 2.45) is 11.5 Å². The second-order valence-electron chi connectivity index (χ2n) is 12.5. The van der Waals surface area contributed by atoms with E-state index in [0.717, 1.165) is 11.1 Å². The van der Waals surface area contributed by atoms with E-state index in [1.165, 1.54) is 4.90 Å². The first-order valence-corrected chi connectivity index (χ1v) is 19.8. The Morgan fingerprint density at radius 2 is 0.790 bits per heavy atom. The fraction of sp³-hybridized carbons (Fsp3) is 0.550. The van der Waals surface area contributed by atoms with Crippen LogP contribution < -0.4 is 22.1 Å². The standard InChI is InChI=1S/C28H37N3O10.C12H25N3O6/c32-25(21-38-17-15-37-16-18-39-22-26(33)34)31(13-11-29-27(35)40-19-23-7-3-1-4-8-23)14-12-30-28(36)41-20-24-9-5-2-6-10-24;13-1-3-15(4-2-14)11(16)9-20-7-5-19-6-8-21-10-12(17)18/h1-10H,11-22H2,(H,29,35)(H,30,36)(H,33,34);1-10,13-14H2,(H,17,18). The lowest BCUT2D eigenvalue weighted by molar-refractivity contribution is -0.143. The molecular weight excluding hydrogens is 820 g/mol. The number of benzene rings is 2. The highest BCUT2D eigenvalue weighted by Crippen LogP contribution is 2.02. The highest BCUT2D eigenvalue weighted by atomic mass is 16.6. The molecular formula is C40H62N6O16. The highest BCUT2D eigenvalue weighted by Gasteiger charge is 2.16. The summed E-state index contributed by atoms with van der Waals surface area (Å²) in [5.74, 6) is -2.59. The van der Waals surface area contributed by atoms with Gasteiger partial charge in [-0.25, -0.2) is 19.2 Å². The Kier molecular flexibility index (Phi) is 32.8. The number of hydrogen-bond donors (Lipinski definition) is 6. The molecule has 4 amide bonds. The number of nitrogens with one attached hydrogen (secondary N) is 2. The van der Waals surface area contributed by atoms with Crippen molar-refractivity contribution in [2.75, 3.05) is 132 Å². The molecule has 0 saturated heterocycles. The van der Waals surface area contributed by atoms with E-state index in [0.29, 0.717) is 32.8 Å². The van der Waals surface area contributed by atoms with Gasteiger partial charge in [0.25, 0.3) is 0 Å². The number of ether oxygens (including phenoxy) is 8. The van der Waals surface area contributed by atoms with Gasteiger partial charge in [0.05, 0.1) is 52.9 Å². The smallest absolute Gasteiger partial charge is 0.407 e. The maximum atomic E-state index is 12.8. The molecule has 2 aromatic carbocycles. The number of carboxylic acid groups (broad SMARTS) is 2. The molecule has 22 heteroatoms. The molecule has 0 unspecified atom stereocenters. The molecule has 0 heterocycles. The summed E-state index contributed by atoms with van der Waals surface area (Å²) in [6.45, 7) is 3.11. The van der Waals surface area contributed by atoms with Gasteiger partial charge in [0.1, 0.15) is 39.6 Å². The van der Waals surface area contributed by atoms with Gasteiger partial charge in [-0.3, -0.25) is 9.59 Å². The summed E-state index contributed by atoms with van der Waals surface area (Å²) in [6.07, 6.45) is -1.24. The number of aliphatic carboxylic acids is 2. The molecule has 0 saturated carbocycles. The third kappa shape index (κ3) is 31.4. The molecule has 0 atom stereocenters. The molecule has 0 radical (unpaired) electrons. The van der Waals surface area contributed by atoms with Gasteiger partial charge >= 0.3 is 24.1 Å². The third-order valence-electron chi connectivity index (χ3n) is 7.62. The van der Waals surface area contributed by atoms with Crippen molar-refractivity contribution in [2.45, 2.75) is 13.2 Å². The van der Waals surface area contributed by atoms with Crippen molar-refractivity contribution in [3.05, 3.63) is 71.8 Å². The zero-order valence-electron chi connectivity index (χ0n) is 35.0. The van der Waals surface area contributed by atoms with Gasteiger partial charge in [0, 0.05) is 52.4 Å². The van der Waals surface area contributed by atoms with Gasteiger partial charge in [-0.05, 0) is 11.1 Å². The molecule has 22 nitrogen and oxygen atoms in total. The zero-order chi connectivity index (χ0) is 45.5. The normalized spacial score (nSPS) is 10.5. The van der Waals surface area contributed by atoms with E-state index in [1.807, 2.05) is 60.7 Å². The number of alkyl carbamates (subject to hydrolysis) is 2. The Morgan fingerprint density at radius 3 is 1.13 bits per heavy atom. The van der Waals surface area contributed by atoms with Gasteiger partial charge in [0.15, 0.2) is 0 Å². The van der Waals surface area contributed by atoms with Crippen molar-refractivity contribution in [1.29, 1.82) is 0 Å². The molecule has 0 aromatic heterocycles. The van der Waals surface area contributed by atoms with Crippen molar-refractivity contribution in [3.8, 4) is 0 Å². The van der Waals surface area contributed by atoms with Crippen LogP contribution in [-0.2, 0) is 70.3 Å². The minimum Gasteiger partial charge on any atom is -0.480 e. The summed E-state index contributed by atoms with van der Waals surface area (Å²) in [4.78, 5) is 72.1. The van der Waals surface area contributed by atoms with Crippen LogP contribution in [0.2, 0.25) is 0 Å². The van der Waals surface area contributed by atoms with E-state index in [1.54, 1.807) is 4.90 Å². The first-order chi connectivity index (χ1) is 30.0. The predicted octanol–water partition coefficient (Wildman–Crippen LogP) is -0.331. The van der Waals surface area contributed by atoms with E-state index >= 15 is 0 Å². The lowest BCUT2D eigenvalue weighted by Gasteiger charge is -2.23. The predicted molar refractivity (Wildman–Crippen MR) is 221 cm³/mol. The molecule has 2 aromatic rings. The molecule has 0 bridgehead atoms. The van der Waals surface area contributed by atoms with Crippen molar-refractivity contribution in [3.63, 3.8) is 0 Å². The quantitative estimate of drug-likeness (QED) is 0.0491. The Bertz CT molecular complexity index is 1440. The van der Waals surface area contributed by atoms with Crippen LogP contribution in [0, 0.1) is 0 Å². The number of amides is 4. The molecule has 0 fully saturated rings. The van der Waals surface area contributed by atoms with E-state index < -0.39 is 30.7 Å². The third-order valence-corrected chi connectivity index (χ3v) is 7.62. The largest absolute Gasteiger partial charge is 0.480 e. The number of carboxylic acids is 2. The molecule has 8 N–H and O–H groups in total. The molecule has 0 spiro atoms. The number of carbonyl (C=O) groups excluding carboxylic acids is 4. The number of rotatable bonds is 34. The van der Waals surface area contributed by atoms with Crippen LogP contribution in [0.3, 0.4) is 0 Å². The molecule has 2 rings (SSSR count). The number of nitrogens with two attached hydrogens (primary N) is 2. The van der Waals surface area contributed by atoms with Crippen LogP contribution in [0.25, 0.3) is 0 Å². The summed E-state index contributed by atoms with van der Waals surface area (Å²) in [5, 5.41) is 22.0. The van der Waals surface area contributed by atoms with Crippen LogP contribution in [0.5, 0.6) is 0 Å². The number of hydrogen-bond acceptors (Lipinski definition) is 16. The Labute approximate surface area is 360 Å². The summed E-state index contributed by atoms with van der Waals surface area (Å²) >= 11 is 0. The first-order valence-electron chi connectivity index (χ1n) is 19.8. The minimum absolute atomic E-state index is 0.0428. The second kappa shape index (κ2) is 37.3. The van der Waals surface area contributed by atoms with Gasteiger partial charge in [-0.15, -0.1) is 0 Å². The summed E-state index contributed by atoms with van der Waals surface area (Å²) in [6, 6.07) is 18.5. The summed E-state index contributed by atoms with van der Waals surface area (Å²) in [7, 11) is 0. The average Bonchev–Trinajstić information content (AvgIpc) is 3.26. The van der Waals surface area contributed by atoms with E-state index in [-0.39, 0.29) is 117 Å². The highest BCUT2D eigenvalue weighted by molar-refractivity contribution is 5.78. The number of nitrogens with zero attached hydrogens (tertiary/aromatic N) is 2. The molecule has 348 valence electrons. The monoisotopic (exact) mass is 882 g/mol. The maximum Gasteiger partial charge on any atom is 0.407 e. The SMILES string of the molecule is NCCN(CCN)C(=O)COCCOCCOCC(=O)O.O=C(O)COCCOCCOCC(=O)N(CCNC(=O)OCc1ccccc1)CCNC(=O)OCc1ccccc1. The van der Waals surface area contributed by atoms with Crippen molar-refractivity contribution in [1.82, 2.24) is 20.4 Å². The molecule has 0 aliphatic rings. The van der Waals surface area contributed by atoms with Crippen molar-refractivity contribution >= 4 is 35.9 Å². The molecule has 62 heavy (non-hydrogen) atoms. The Balaban J connectivity index is 0.000000771. The van der Waals surface area contributed by atoms with E-state index in [9.17, 15) is 28.8 Å². The zero-order valence-corrected chi connectivity index (χ0v) is 35.0. The first kappa shape index (κ1) is 54.6. The van der Waals surface area contributed by atoms with Gasteiger partial charge in [0.2, 0.25) is 11.8 Å². The van der Waals surface area contributed by atoms with Crippen molar-refractivity contribution < 1.29 is 76.9 Å². The fourth-order valence-corrected chi connectivity index (χ4v) is 4.66. The lowest BCUT2D eigenvalue weighted by Crippen LogP contribution is -2.44. The van der Waals surface area contributed by atoms with Crippen LogP contribution >= 0.6 is 0 Å². The lowest BCUT2D eigenvalue weighted by atomic mass is 10.2. The molecule has 0 aliphatic heterocycles.